The number of benzene rings is 1. The van der Waals surface area contributed by atoms with Crippen LogP contribution in [0.3, 0.4) is 0 Å². The number of amides is 1. The van der Waals surface area contributed by atoms with E-state index in [1.54, 1.807) is 0 Å². The first-order valence-electron chi connectivity index (χ1n) is 12.6. The van der Waals surface area contributed by atoms with Crippen molar-refractivity contribution >= 4 is 11.9 Å². The lowest BCUT2D eigenvalue weighted by atomic mass is 9.96. The highest BCUT2D eigenvalue weighted by atomic mass is 16.5. The average Bonchev–Trinajstić information content (AvgIpc) is 2.80. The summed E-state index contributed by atoms with van der Waals surface area (Å²) in [4.78, 5) is 26.8. The maximum atomic E-state index is 12.6. The molecule has 174 valence electrons. The van der Waals surface area contributed by atoms with Crippen molar-refractivity contribution in [3.8, 4) is 0 Å². The minimum atomic E-state index is -0.0745. The molecule has 1 amide bonds. The van der Waals surface area contributed by atoms with Crippen LogP contribution in [0.5, 0.6) is 0 Å². The molecule has 2 rings (SSSR count). The molecule has 4 nitrogen and oxygen atoms in total. The van der Waals surface area contributed by atoms with E-state index in [4.69, 9.17) is 4.74 Å². The molecule has 1 aromatic rings. The number of carbonyl (C=O) groups is 2. The van der Waals surface area contributed by atoms with Crippen molar-refractivity contribution in [2.24, 2.45) is 5.92 Å². The van der Waals surface area contributed by atoms with Crippen LogP contribution in [0, 0.1) is 12.8 Å². The number of esters is 1. The van der Waals surface area contributed by atoms with Crippen molar-refractivity contribution in [3.63, 3.8) is 0 Å². The van der Waals surface area contributed by atoms with Gasteiger partial charge in [0.05, 0.1) is 12.5 Å². The number of aryl methyl sites for hydroxylation is 1. The average molecular weight is 430 g/mol. The van der Waals surface area contributed by atoms with Crippen molar-refractivity contribution in [2.75, 3.05) is 19.7 Å². The zero-order chi connectivity index (χ0) is 22.3. The highest BCUT2D eigenvalue weighted by molar-refractivity contribution is 5.94. The molecule has 0 unspecified atom stereocenters. The van der Waals surface area contributed by atoms with Gasteiger partial charge in [-0.3, -0.25) is 9.59 Å². The normalized spacial score (nSPS) is 14.6. The van der Waals surface area contributed by atoms with Gasteiger partial charge in [0.2, 0.25) is 0 Å². The molecule has 0 bridgehead atoms. The van der Waals surface area contributed by atoms with Gasteiger partial charge in [-0.1, -0.05) is 88.8 Å². The van der Waals surface area contributed by atoms with E-state index in [9.17, 15) is 9.59 Å². The Morgan fingerprint density at radius 3 is 1.90 bits per heavy atom. The van der Waals surface area contributed by atoms with Crippen LogP contribution in [-0.4, -0.2) is 36.5 Å². The van der Waals surface area contributed by atoms with Gasteiger partial charge in [-0.2, -0.15) is 0 Å². The SMILES string of the molecule is CCCCCCCCCCCCCOC(=O)C1CCN(C(=O)c2ccc(C)cc2)CC1. The number of hydrogen-bond acceptors (Lipinski definition) is 3. The predicted molar refractivity (Wildman–Crippen MR) is 127 cm³/mol. The summed E-state index contributed by atoms with van der Waals surface area (Å²) >= 11 is 0. The van der Waals surface area contributed by atoms with Crippen LogP contribution in [0.4, 0.5) is 0 Å². The van der Waals surface area contributed by atoms with Crippen molar-refractivity contribution in [1.82, 2.24) is 4.90 Å². The van der Waals surface area contributed by atoms with Gasteiger partial charge in [0, 0.05) is 18.7 Å². The minimum absolute atomic E-state index is 0.0604. The number of rotatable bonds is 14. The first-order valence-corrected chi connectivity index (χ1v) is 12.6. The van der Waals surface area contributed by atoms with Crippen LogP contribution in [0.1, 0.15) is 106 Å². The number of carbonyl (C=O) groups excluding carboxylic acids is 2. The Kier molecular flexibility index (Phi) is 12.3. The van der Waals surface area contributed by atoms with E-state index in [0.717, 1.165) is 24.0 Å². The molecule has 1 aromatic carbocycles. The van der Waals surface area contributed by atoms with Crippen LogP contribution in [0.15, 0.2) is 24.3 Å². The number of nitrogens with zero attached hydrogens (tertiary/aromatic N) is 1. The summed E-state index contributed by atoms with van der Waals surface area (Å²) in [6.07, 6.45) is 15.6. The molecule has 31 heavy (non-hydrogen) atoms. The van der Waals surface area contributed by atoms with Gasteiger partial charge in [-0.25, -0.2) is 0 Å². The zero-order valence-corrected chi connectivity index (χ0v) is 19.9. The highest BCUT2D eigenvalue weighted by Gasteiger charge is 2.28. The van der Waals surface area contributed by atoms with Gasteiger partial charge in [0.15, 0.2) is 0 Å². The fraction of sp³-hybridized carbons (Fsp3) is 0.704. The Labute approximate surface area is 189 Å². The van der Waals surface area contributed by atoms with Gasteiger partial charge < -0.3 is 9.64 Å². The topological polar surface area (TPSA) is 46.6 Å². The second-order valence-electron chi connectivity index (χ2n) is 9.14. The first-order chi connectivity index (χ1) is 15.1. The fourth-order valence-corrected chi connectivity index (χ4v) is 4.25. The van der Waals surface area contributed by atoms with E-state index in [2.05, 4.69) is 6.92 Å². The molecule has 0 radical (unpaired) electrons. The molecule has 0 aromatic heterocycles. The molecule has 0 saturated carbocycles. The third kappa shape index (κ3) is 9.88. The zero-order valence-electron chi connectivity index (χ0n) is 19.9. The second-order valence-corrected chi connectivity index (χ2v) is 9.14. The summed E-state index contributed by atoms with van der Waals surface area (Å²) < 4.78 is 5.52. The molecule has 0 atom stereocenters. The summed E-state index contributed by atoms with van der Waals surface area (Å²) in [5.74, 6) is -0.0722. The molecule has 1 aliphatic rings. The number of hydrogen-bond donors (Lipinski definition) is 0. The molecule has 0 aliphatic carbocycles. The Hall–Kier alpha value is -1.84. The lowest BCUT2D eigenvalue weighted by Gasteiger charge is -2.31. The van der Waals surface area contributed by atoms with Crippen LogP contribution in [0.2, 0.25) is 0 Å². The number of likely N-dealkylation sites (tertiary alicyclic amines) is 1. The Bertz CT molecular complexity index is 632. The summed E-state index contributed by atoms with van der Waals surface area (Å²) in [5, 5.41) is 0. The number of piperidine rings is 1. The first kappa shape index (κ1) is 25.4. The Morgan fingerprint density at radius 2 is 1.35 bits per heavy atom. The summed E-state index contributed by atoms with van der Waals surface area (Å²) in [6, 6.07) is 7.69. The molecule has 1 aliphatic heterocycles. The monoisotopic (exact) mass is 429 g/mol. The number of ether oxygens (including phenoxy) is 1. The fourth-order valence-electron chi connectivity index (χ4n) is 4.25. The molecule has 1 fully saturated rings. The summed E-state index contributed by atoms with van der Waals surface area (Å²) in [5.41, 5.74) is 1.87. The van der Waals surface area contributed by atoms with E-state index in [-0.39, 0.29) is 17.8 Å². The Balaban J connectivity index is 1.48. The molecule has 0 spiro atoms. The van der Waals surface area contributed by atoms with Gasteiger partial charge >= 0.3 is 5.97 Å². The van der Waals surface area contributed by atoms with Crippen molar-refractivity contribution in [3.05, 3.63) is 35.4 Å². The Morgan fingerprint density at radius 1 is 0.839 bits per heavy atom. The van der Waals surface area contributed by atoms with Crippen molar-refractivity contribution in [2.45, 2.75) is 97.3 Å². The van der Waals surface area contributed by atoms with Crippen LogP contribution < -0.4 is 0 Å². The quantitative estimate of drug-likeness (QED) is 0.244. The molecule has 1 heterocycles. The largest absolute Gasteiger partial charge is 0.465 e. The summed E-state index contributed by atoms with van der Waals surface area (Å²) in [7, 11) is 0. The lowest BCUT2D eigenvalue weighted by molar-refractivity contribution is -0.150. The second kappa shape index (κ2) is 15.0. The van der Waals surface area contributed by atoms with E-state index >= 15 is 0 Å². The van der Waals surface area contributed by atoms with Crippen LogP contribution >= 0.6 is 0 Å². The molecule has 4 heteroatoms. The van der Waals surface area contributed by atoms with E-state index in [0.29, 0.717) is 32.5 Å². The predicted octanol–water partition coefficient (Wildman–Crippen LogP) is 6.70. The molecule has 0 N–H and O–H groups in total. The van der Waals surface area contributed by atoms with Gasteiger partial charge in [-0.05, 0) is 38.3 Å². The molecular formula is C27H43NO3. The van der Waals surface area contributed by atoms with E-state index in [1.807, 2.05) is 36.1 Å². The minimum Gasteiger partial charge on any atom is -0.465 e. The highest BCUT2D eigenvalue weighted by Crippen LogP contribution is 2.21. The van der Waals surface area contributed by atoms with Crippen molar-refractivity contribution < 1.29 is 14.3 Å². The van der Waals surface area contributed by atoms with Crippen LogP contribution in [0.25, 0.3) is 0 Å². The maximum absolute atomic E-state index is 12.6. The molecular weight excluding hydrogens is 386 g/mol. The molecule has 1 saturated heterocycles. The smallest absolute Gasteiger partial charge is 0.309 e. The van der Waals surface area contributed by atoms with Gasteiger partial charge in [0.1, 0.15) is 0 Å². The lowest BCUT2D eigenvalue weighted by Crippen LogP contribution is -2.40. The third-order valence-corrected chi connectivity index (χ3v) is 6.41. The van der Waals surface area contributed by atoms with Gasteiger partial charge in [0.25, 0.3) is 5.91 Å². The van der Waals surface area contributed by atoms with Crippen molar-refractivity contribution in [1.29, 1.82) is 0 Å². The third-order valence-electron chi connectivity index (χ3n) is 6.41. The van der Waals surface area contributed by atoms with E-state index < -0.39 is 0 Å². The number of unbranched alkanes of at least 4 members (excludes halogenated alkanes) is 10. The van der Waals surface area contributed by atoms with E-state index in [1.165, 1.54) is 57.8 Å². The van der Waals surface area contributed by atoms with Gasteiger partial charge in [-0.15, -0.1) is 0 Å². The summed E-state index contributed by atoms with van der Waals surface area (Å²) in [6.45, 7) is 6.08. The maximum Gasteiger partial charge on any atom is 0.309 e. The standard InChI is InChI=1S/C27H43NO3/c1-3-4-5-6-7-8-9-10-11-12-13-22-31-27(30)25-18-20-28(21-19-25)26(29)24-16-14-23(2)15-17-24/h14-17,25H,3-13,18-22H2,1-2H3. The van der Waals surface area contributed by atoms with Crippen LogP contribution in [-0.2, 0) is 9.53 Å².